The Balaban J connectivity index is 0. The van der Waals surface area contributed by atoms with E-state index in [0.29, 0.717) is 0 Å². The summed E-state index contributed by atoms with van der Waals surface area (Å²) in [6, 6.07) is 0. The molecule has 0 heterocycles. The second-order valence-corrected chi connectivity index (χ2v) is 9.82. The van der Waals surface area contributed by atoms with Gasteiger partial charge < -0.3 is 0 Å². The van der Waals surface area contributed by atoms with E-state index in [1.165, 1.54) is 95.5 Å². The van der Waals surface area contributed by atoms with Gasteiger partial charge in [0.1, 0.15) is 0 Å². The van der Waals surface area contributed by atoms with Crippen LogP contribution in [-0.4, -0.2) is 0 Å². The van der Waals surface area contributed by atoms with Crippen LogP contribution in [0.15, 0.2) is 24.8 Å². The Bertz CT molecular complexity index is 345. The highest BCUT2D eigenvalue weighted by atomic mass is 14.3. The molecule has 0 amide bonds. The van der Waals surface area contributed by atoms with E-state index >= 15 is 0 Å². The quantitative estimate of drug-likeness (QED) is 0.223. The first kappa shape index (κ1) is 30.7. The molecule has 0 aromatic rings. The molecule has 1 fully saturated rings. The maximum absolute atomic E-state index is 3.99. The Hall–Kier alpha value is -0.520. The lowest BCUT2D eigenvalue weighted by Gasteiger charge is -2.31. The lowest BCUT2D eigenvalue weighted by atomic mass is 9.74. The van der Waals surface area contributed by atoms with Crippen LogP contribution in [0.4, 0.5) is 0 Å². The second-order valence-electron chi connectivity index (χ2n) is 9.82. The smallest absolute Gasteiger partial charge is 0.0326 e. The first-order chi connectivity index (χ1) is 13.9. The normalized spacial score (nSPS) is 20.4. The van der Waals surface area contributed by atoms with Crippen LogP contribution in [0.3, 0.4) is 0 Å². The third kappa shape index (κ3) is 20.5. The van der Waals surface area contributed by atoms with E-state index in [4.69, 9.17) is 0 Å². The van der Waals surface area contributed by atoms with E-state index < -0.39 is 0 Å². The van der Waals surface area contributed by atoms with Crippen LogP contribution in [0, 0.1) is 23.7 Å². The van der Waals surface area contributed by atoms with Gasteiger partial charge in [-0.15, -0.1) is 13.2 Å². The molecule has 29 heavy (non-hydrogen) atoms. The molecule has 1 aliphatic rings. The number of unbranched alkanes of at least 4 members (excludes halogenated alkanes) is 2. The van der Waals surface area contributed by atoms with Gasteiger partial charge in [0.25, 0.3) is 0 Å². The Kier molecular flexibility index (Phi) is 23.4. The summed E-state index contributed by atoms with van der Waals surface area (Å²) in [7, 11) is 0. The van der Waals surface area contributed by atoms with Crippen molar-refractivity contribution in [1.82, 2.24) is 0 Å². The lowest BCUT2D eigenvalue weighted by Crippen LogP contribution is -2.19. The highest BCUT2D eigenvalue weighted by molar-refractivity contribution is 4.87. The van der Waals surface area contributed by atoms with Crippen molar-refractivity contribution < 1.29 is 0 Å². The van der Waals surface area contributed by atoms with Gasteiger partial charge in [0.05, 0.1) is 0 Å². The highest BCUT2D eigenvalue weighted by Gasteiger charge is 2.23. The average molecular weight is 407 g/mol. The first-order valence-corrected chi connectivity index (χ1v) is 13.1. The van der Waals surface area contributed by atoms with Gasteiger partial charge in [-0.3, -0.25) is 0 Å². The SMILES string of the molecule is C=C(C)CCCCC1CCCCC1CCCC.C=CC.CCC(C)CC(C)CC. The summed E-state index contributed by atoms with van der Waals surface area (Å²) in [4.78, 5) is 0. The molecule has 0 bridgehead atoms. The van der Waals surface area contributed by atoms with Gasteiger partial charge in [0.2, 0.25) is 0 Å². The maximum atomic E-state index is 3.99. The summed E-state index contributed by atoms with van der Waals surface area (Å²) in [5.41, 5.74) is 1.36. The van der Waals surface area contributed by atoms with Crippen molar-refractivity contribution in [3.05, 3.63) is 24.8 Å². The van der Waals surface area contributed by atoms with Crippen molar-refractivity contribution >= 4 is 0 Å². The van der Waals surface area contributed by atoms with Crippen LogP contribution >= 0.6 is 0 Å². The monoisotopic (exact) mass is 406 g/mol. The number of rotatable bonds is 12. The molecular formula is C29H58. The van der Waals surface area contributed by atoms with Crippen LogP contribution in [-0.2, 0) is 0 Å². The maximum Gasteiger partial charge on any atom is -0.0326 e. The van der Waals surface area contributed by atoms with Crippen LogP contribution in [0.25, 0.3) is 0 Å². The van der Waals surface area contributed by atoms with Gasteiger partial charge in [-0.2, -0.15) is 0 Å². The molecule has 4 unspecified atom stereocenters. The van der Waals surface area contributed by atoms with Crippen LogP contribution in [0.1, 0.15) is 138 Å². The van der Waals surface area contributed by atoms with E-state index in [1.807, 2.05) is 6.92 Å². The zero-order chi connectivity index (χ0) is 22.5. The third-order valence-corrected chi connectivity index (χ3v) is 6.62. The van der Waals surface area contributed by atoms with Crippen LogP contribution < -0.4 is 0 Å². The topological polar surface area (TPSA) is 0 Å². The summed E-state index contributed by atoms with van der Waals surface area (Å²) in [6.07, 6.45) is 21.7. The first-order valence-electron chi connectivity index (χ1n) is 13.1. The molecule has 1 rings (SSSR count). The highest BCUT2D eigenvalue weighted by Crippen LogP contribution is 2.36. The molecule has 0 aromatic carbocycles. The minimum Gasteiger partial charge on any atom is -0.103 e. The molecule has 0 aliphatic heterocycles. The molecule has 0 radical (unpaired) electrons. The van der Waals surface area contributed by atoms with Gasteiger partial charge in [-0.05, 0) is 56.8 Å². The Labute approximate surface area is 187 Å². The fourth-order valence-electron chi connectivity index (χ4n) is 4.36. The molecule has 0 nitrogen and oxygen atoms in total. The molecule has 1 saturated carbocycles. The van der Waals surface area contributed by atoms with Crippen molar-refractivity contribution in [3.63, 3.8) is 0 Å². The van der Waals surface area contributed by atoms with Crippen LogP contribution in [0.2, 0.25) is 0 Å². The van der Waals surface area contributed by atoms with E-state index in [1.54, 1.807) is 6.08 Å². The molecule has 0 N–H and O–H groups in total. The van der Waals surface area contributed by atoms with E-state index in [2.05, 4.69) is 54.7 Å². The summed E-state index contributed by atoms with van der Waals surface area (Å²) < 4.78 is 0. The summed E-state index contributed by atoms with van der Waals surface area (Å²) >= 11 is 0. The molecule has 0 aromatic heterocycles. The summed E-state index contributed by atoms with van der Waals surface area (Å²) in [5, 5.41) is 0. The van der Waals surface area contributed by atoms with Crippen molar-refractivity contribution in [2.24, 2.45) is 23.7 Å². The largest absolute Gasteiger partial charge is 0.103 e. The Morgan fingerprint density at radius 3 is 1.72 bits per heavy atom. The van der Waals surface area contributed by atoms with Gasteiger partial charge in [-0.25, -0.2) is 0 Å². The molecule has 174 valence electrons. The van der Waals surface area contributed by atoms with Crippen molar-refractivity contribution in [1.29, 1.82) is 0 Å². The van der Waals surface area contributed by atoms with Gasteiger partial charge in [-0.1, -0.05) is 117 Å². The summed E-state index contributed by atoms with van der Waals surface area (Å²) in [6.45, 7) is 22.9. The second kappa shape index (κ2) is 22.2. The zero-order valence-electron chi connectivity index (χ0n) is 21.7. The Morgan fingerprint density at radius 2 is 1.34 bits per heavy atom. The molecular weight excluding hydrogens is 348 g/mol. The minimum absolute atomic E-state index is 0.931. The third-order valence-electron chi connectivity index (χ3n) is 6.62. The standard InChI is InChI=1S/C17H32.C9H20.C3H6/c1-4-5-11-16-13-8-9-14-17(16)12-7-6-10-15(2)3;1-5-8(3)7-9(4)6-2;1-3-2/h16-17H,2,4-14H2,1,3H3;8-9H,5-7H2,1-4H3;3H,1H2,2H3. The molecule has 0 heteroatoms. The Morgan fingerprint density at radius 1 is 0.897 bits per heavy atom. The average Bonchev–Trinajstić information content (AvgIpc) is 2.71. The number of hydrogen-bond acceptors (Lipinski definition) is 0. The molecule has 4 atom stereocenters. The van der Waals surface area contributed by atoms with Crippen molar-refractivity contribution in [3.8, 4) is 0 Å². The van der Waals surface area contributed by atoms with Crippen LogP contribution in [0.5, 0.6) is 0 Å². The van der Waals surface area contributed by atoms with E-state index in [9.17, 15) is 0 Å². The lowest BCUT2D eigenvalue weighted by molar-refractivity contribution is 0.204. The zero-order valence-corrected chi connectivity index (χ0v) is 21.7. The fraction of sp³-hybridized carbons (Fsp3) is 0.862. The molecule has 0 spiro atoms. The van der Waals surface area contributed by atoms with E-state index in [-0.39, 0.29) is 0 Å². The van der Waals surface area contributed by atoms with Gasteiger partial charge >= 0.3 is 0 Å². The van der Waals surface area contributed by atoms with Crippen molar-refractivity contribution in [2.45, 2.75) is 138 Å². The predicted molar refractivity (Wildman–Crippen MR) is 138 cm³/mol. The van der Waals surface area contributed by atoms with Gasteiger partial charge in [0.15, 0.2) is 0 Å². The number of hydrogen-bond donors (Lipinski definition) is 0. The van der Waals surface area contributed by atoms with Crippen molar-refractivity contribution in [2.75, 3.05) is 0 Å². The molecule has 0 saturated heterocycles. The molecule has 1 aliphatic carbocycles. The minimum atomic E-state index is 0.931. The number of allylic oxidation sites excluding steroid dienone is 2. The van der Waals surface area contributed by atoms with E-state index in [0.717, 1.165) is 23.7 Å². The summed E-state index contributed by atoms with van der Waals surface area (Å²) in [5.74, 6) is 3.98. The predicted octanol–water partition coefficient (Wildman–Crippen LogP) is 10.8. The fourth-order valence-corrected chi connectivity index (χ4v) is 4.36. The van der Waals surface area contributed by atoms with Gasteiger partial charge in [0, 0.05) is 0 Å².